The topological polar surface area (TPSA) is 51.8 Å². The fourth-order valence-electron chi connectivity index (χ4n) is 1.07. The van der Waals surface area contributed by atoms with Crippen molar-refractivity contribution in [2.45, 2.75) is 9.92 Å². The molecule has 0 atom stereocenters. The van der Waals surface area contributed by atoms with Crippen molar-refractivity contribution in [1.82, 2.24) is 9.97 Å². The fourth-order valence-corrected chi connectivity index (χ4v) is 2.34. The van der Waals surface area contributed by atoms with Gasteiger partial charge in [0.05, 0.1) is 16.2 Å². The maximum atomic E-state index is 6.03. The molecule has 0 bridgehead atoms. The van der Waals surface area contributed by atoms with E-state index in [0.717, 1.165) is 4.90 Å². The number of halogens is 2. The van der Waals surface area contributed by atoms with Crippen molar-refractivity contribution in [2.75, 3.05) is 5.73 Å². The van der Waals surface area contributed by atoms with Crippen LogP contribution in [0.1, 0.15) is 0 Å². The number of aromatic nitrogens is 2. The molecule has 16 heavy (non-hydrogen) atoms. The first-order valence-electron chi connectivity index (χ1n) is 4.37. The van der Waals surface area contributed by atoms with Crippen LogP contribution in [0, 0.1) is 0 Å². The molecule has 3 nitrogen and oxygen atoms in total. The molecule has 82 valence electrons. The third-order valence-corrected chi connectivity index (χ3v) is 3.68. The van der Waals surface area contributed by atoms with Crippen molar-refractivity contribution in [3.63, 3.8) is 0 Å². The Bertz CT molecular complexity index is 519. The third-order valence-electron chi connectivity index (χ3n) is 1.77. The molecule has 6 heteroatoms. The average molecular weight is 272 g/mol. The minimum absolute atomic E-state index is 0.193. The van der Waals surface area contributed by atoms with Gasteiger partial charge in [-0.15, -0.1) is 0 Å². The third kappa shape index (κ3) is 2.58. The molecule has 0 radical (unpaired) electrons. The highest BCUT2D eigenvalue weighted by molar-refractivity contribution is 7.99. The van der Waals surface area contributed by atoms with Crippen LogP contribution < -0.4 is 5.73 Å². The van der Waals surface area contributed by atoms with E-state index in [1.54, 1.807) is 0 Å². The second-order valence-electron chi connectivity index (χ2n) is 2.91. The summed E-state index contributed by atoms with van der Waals surface area (Å²) in [6, 6.07) is 7.46. The highest BCUT2D eigenvalue weighted by Gasteiger charge is 2.08. The molecule has 0 fully saturated rings. The molecule has 0 spiro atoms. The standard InChI is InChI=1S/C10H7Cl2N3S/c11-6-3-1-2-4-8(6)16-9-7(12)5-14-10(13)15-9/h1-5H,(H2,13,14,15). The Labute approximate surface area is 107 Å². The number of nitrogen functional groups attached to an aromatic ring is 1. The zero-order valence-corrected chi connectivity index (χ0v) is 10.4. The van der Waals surface area contributed by atoms with E-state index in [2.05, 4.69) is 9.97 Å². The van der Waals surface area contributed by atoms with Crippen LogP contribution in [0.25, 0.3) is 0 Å². The molecule has 0 amide bonds. The number of rotatable bonds is 2. The first-order valence-corrected chi connectivity index (χ1v) is 5.94. The van der Waals surface area contributed by atoms with Gasteiger partial charge in [-0.3, -0.25) is 0 Å². The molecule has 0 saturated heterocycles. The molecule has 1 aromatic heterocycles. The number of hydrogen-bond acceptors (Lipinski definition) is 4. The van der Waals surface area contributed by atoms with Crippen molar-refractivity contribution < 1.29 is 0 Å². The van der Waals surface area contributed by atoms with Crippen molar-refractivity contribution in [3.05, 3.63) is 40.5 Å². The van der Waals surface area contributed by atoms with Crippen molar-refractivity contribution in [2.24, 2.45) is 0 Å². The maximum Gasteiger partial charge on any atom is 0.221 e. The molecule has 1 heterocycles. The van der Waals surface area contributed by atoms with Gasteiger partial charge in [-0.05, 0) is 12.1 Å². The second-order valence-corrected chi connectivity index (χ2v) is 4.76. The van der Waals surface area contributed by atoms with Crippen molar-refractivity contribution >= 4 is 40.9 Å². The van der Waals surface area contributed by atoms with Crippen LogP contribution in [0.2, 0.25) is 10.0 Å². The molecular weight excluding hydrogens is 265 g/mol. The minimum atomic E-state index is 0.193. The Kier molecular flexibility index (Phi) is 3.53. The van der Waals surface area contributed by atoms with E-state index in [9.17, 15) is 0 Å². The lowest BCUT2D eigenvalue weighted by molar-refractivity contribution is 1.06. The Balaban J connectivity index is 2.34. The molecule has 0 unspecified atom stereocenters. The zero-order valence-electron chi connectivity index (χ0n) is 8.02. The number of nitrogens with two attached hydrogens (primary N) is 1. The van der Waals surface area contributed by atoms with E-state index in [-0.39, 0.29) is 5.95 Å². The van der Waals surface area contributed by atoms with Gasteiger partial charge in [0.15, 0.2) is 0 Å². The summed E-state index contributed by atoms with van der Waals surface area (Å²) >= 11 is 13.3. The summed E-state index contributed by atoms with van der Waals surface area (Å²) in [7, 11) is 0. The molecule has 0 aliphatic carbocycles. The lowest BCUT2D eigenvalue weighted by Crippen LogP contribution is -1.95. The largest absolute Gasteiger partial charge is 0.368 e. The summed E-state index contributed by atoms with van der Waals surface area (Å²) < 4.78 is 0. The summed E-state index contributed by atoms with van der Waals surface area (Å²) in [4.78, 5) is 8.72. The lowest BCUT2D eigenvalue weighted by Gasteiger charge is -2.04. The van der Waals surface area contributed by atoms with Gasteiger partial charge >= 0.3 is 0 Å². The number of nitrogens with zero attached hydrogens (tertiary/aromatic N) is 2. The molecule has 2 aromatic rings. The second kappa shape index (κ2) is 4.91. The smallest absolute Gasteiger partial charge is 0.221 e. The van der Waals surface area contributed by atoms with Crippen LogP contribution in [-0.2, 0) is 0 Å². The van der Waals surface area contributed by atoms with Gasteiger partial charge in [-0.25, -0.2) is 9.97 Å². The van der Waals surface area contributed by atoms with Crippen LogP contribution in [0.3, 0.4) is 0 Å². The monoisotopic (exact) mass is 271 g/mol. The summed E-state index contributed by atoms with van der Waals surface area (Å²) in [5.74, 6) is 0.193. The van der Waals surface area contributed by atoms with Crippen molar-refractivity contribution in [3.8, 4) is 0 Å². The van der Waals surface area contributed by atoms with Crippen LogP contribution in [0.15, 0.2) is 40.4 Å². The molecule has 2 rings (SSSR count). The SMILES string of the molecule is Nc1ncc(Cl)c(Sc2ccccc2Cl)n1. The molecule has 2 N–H and O–H groups in total. The number of hydrogen-bond donors (Lipinski definition) is 1. The van der Waals surface area contributed by atoms with E-state index >= 15 is 0 Å². The average Bonchev–Trinajstić information content (AvgIpc) is 2.27. The van der Waals surface area contributed by atoms with E-state index < -0.39 is 0 Å². The Morgan fingerprint density at radius 1 is 1.12 bits per heavy atom. The van der Waals surface area contributed by atoms with Crippen LogP contribution in [0.4, 0.5) is 5.95 Å². The quantitative estimate of drug-likeness (QED) is 0.850. The first-order chi connectivity index (χ1) is 7.66. The molecule has 0 aliphatic rings. The van der Waals surface area contributed by atoms with Gasteiger partial charge in [0.1, 0.15) is 5.03 Å². The summed E-state index contributed by atoms with van der Waals surface area (Å²) in [6.07, 6.45) is 1.48. The Morgan fingerprint density at radius 3 is 2.62 bits per heavy atom. The van der Waals surface area contributed by atoms with E-state index in [4.69, 9.17) is 28.9 Å². The minimum Gasteiger partial charge on any atom is -0.368 e. The highest BCUT2D eigenvalue weighted by atomic mass is 35.5. The molecule has 0 saturated carbocycles. The van der Waals surface area contributed by atoms with Crippen LogP contribution >= 0.6 is 35.0 Å². The molecular formula is C10H7Cl2N3S. The summed E-state index contributed by atoms with van der Waals surface area (Å²) in [6.45, 7) is 0. The molecule has 0 aliphatic heterocycles. The maximum absolute atomic E-state index is 6.03. The Hall–Kier alpha value is -0.970. The normalized spacial score (nSPS) is 10.4. The first kappa shape index (κ1) is 11.5. The van der Waals surface area contributed by atoms with E-state index in [0.29, 0.717) is 15.1 Å². The zero-order chi connectivity index (χ0) is 11.5. The lowest BCUT2D eigenvalue weighted by atomic mass is 10.4. The van der Waals surface area contributed by atoms with Gasteiger partial charge in [0.25, 0.3) is 0 Å². The van der Waals surface area contributed by atoms with Crippen LogP contribution in [0.5, 0.6) is 0 Å². The fraction of sp³-hybridized carbons (Fsp3) is 0. The van der Waals surface area contributed by atoms with Crippen LogP contribution in [-0.4, -0.2) is 9.97 Å². The highest BCUT2D eigenvalue weighted by Crippen LogP contribution is 2.35. The van der Waals surface area contributed by atoms with E-state index in [1.165, 1.54) is 18.0 Å². The van der Waals surface area contributed by atoms with Gasteiger partial charge < -0.3 is 5.73 Å². The number of benzene rings is 1. The summed E-state index contributed by atoms with van der Waals surface area (Å²) in [5.41, 5.74) is 5.49. The predicted octanol–water partition coefficient (Wildman–Crippen LogP) is 3.52. The van der Waals surface area contributed by atoms with Crippen molar-refractivity contribution in [1.29, 1.82) is 0 Å². The number of anilines is 1. The van der Waals surface area contributed by atoms with Gasteiger partial charge in [-0.1, -0.05) is 47.1 Å². The van der Waals surface area contributed by atoms with Gasteiger partial charge in [0.2, 0.25) is 5.95 Å². The van der Waals surface area contributed by atoms with E-state index in [1.807, 2.05) is 24.3 Å². The summed E-state index contributed by atoms with van der Waals surface area (Å²) in [5, 5.41) is 1.71. The predicted molar refractivity (Wildman–Crippen MR) is 67.0 cm³/mol. The Morgan fingerprint density at radius 2 is 1.88 bits per heavy atom. The van der Waals surface area contributed by atoms with Gasteiger partial charge in [-0.2, -0.15) is 0 Å². The van der Waals surface area contributed by atoms with Gasteiger partial charge in [0, 0.05) is 4.90 Å². The molecule has 1 aromatic carbocycles.